The molecule has 0 spiro atoms. The molecular weight excluding hydrogens is 242 g/mol. The number of rotatable bonds is 3. The highest BCUT2D eigenvalue weighted by atomic mass is 16.5. The molecule has 1 N–H and O–H groups in total. The van der Waals surface area contributed by atoms with Crippen molar-refractivity contribution in [1.82, 2.24) is 20.1 Å². The van der Waals surface area contributed by atoms with E-state index in [2.05, 4.69) is 25.4 Å². The van der Waals surface area contributed by atoms with Crippen LogP contribution in [0.25, 0.3) is 11.1 Å². The lowest BCUT2D eigenvalue weighted by atomic mass is 10.2. The molecule has 6 heteroatoms. The minimum Gasteiger partial charge on any atom is -0.364 e. The maximum Gasteiger partial charge on any atom is 0.263 e. The van der Waals surface area contributed by atoms with Gasteiger partial charge in [0.15, 0.2) is 0 Å². The molecule has 0 aliphatic rings. The van der Waals surface area contributed by atoms with Crippen LogP contribution in [0.2, 0.25) is 0 Å². The summed E-state index contributed by atoms with van der Waals surface area (Å²) in [6.45, 7) is 4.50. The molecule has 0 unspecified atom stereocenters. The number of hydrogen-bond donors (Lipinski definition) is 1. The third kappa shape index (κ3) is 2.12. The van der Waals surface area contributed by atoms with Gasteiger partial charge in [-0.05, 0) is 25.5 Å². The van der Waals surface area contributed by atoms with Crippen molar-refractivity contribution < 1.29 is 4.52 Å². The zero-order valence-electron chi connectivity index (χ0n) is 10.7. The molecule has 0 saturated carbocycles. The third-order valence-corrected chi connectivity index (χ3v) is 2.98. The van der Waals surface area contributed by atoms with E-state index in [-0.39, 0.29) is 0 Å². The average molecular weight is 255 g/mol. The van der Waals surface area contributed by atoms with Crippen molar-refractivity contribution in [2.75, 3.05) is 5.32 Å². The molecule has 3 heterocycles. The predicted molar refractivity (Wildman–Crippen MR) is 70.6 cm³/mol. The minimum absolute atomic E-state index is 0.493. The summed E-state index contributed by atoms with van der Waals surface area (Å²) in [4.78, 5) is 12.6. The van der Waals surface area contributed by atoms with Gasteiger partial charge in [-0.15, -0.1) is 0 Å². The predicted octanol–water partition coefficient (Wildman–Crippen LogP) is 2.24. The molecule has 0 aliphatic carbocycles. The van der Waals surface area contributed by atoms with Crippen LogP contribution in [-0.4, -0.2) is 20.1 Å². The number of aryl methyl sites for hydroxylation is 2. The minimum atomic E-state index is 0.493. The number of nitrogens with zero attached hydrogens (tertiary/aromatic N) is 4. The average Bonchev–Trinajstić information content (AvgIpc) is 2.80. The second kappa shape index (κ2) is 4.64. The Morgan fingerprint density at radius 1 is 1.21 bits per heavy atom. The van der Waals surface area contributed by atoms with Crippen LogP contribution in [0, 0.1) is 13.8 Å². The highest BCUT2D eigenvalue weighted by Crippen LogP contribution is 2.22. The monoisotopic (exact) mass is 255 g/mol. The molecule has 0 bridgehead atoms. The summed E-state index contributed by atoms with van der Waals surface area (Å²) in [7, 11) is 0. The molecule has 0 aliphatic heterocycles. The van der Waals surface area contributed by atoms with Crippen LogP contribution in [0.15, 0.2) is 29.2 Å². The summed E-state index contributed by atoms with van der Waals surface area (Å²) in [5.41, 5.74) is 3.40. The summed E-state index contributed by atoms with van der Waals surface area (Å²) in [6, 6.07) is 3.95. The van der Waals surface area contributed by atoms with Crippen molar-refractivity contribution in [3.05, 3.63) is 41.6 Å². The molecule has 3 rings (SSSR count). The standard InChI is InChI=1S/C13H13N5O/c1-8-4-3-5-14-10(8)6-15-12-11-9(2)18-19-13(11)17-7-16-12/h3-5,7H,6H2,1-2H3,(H,15,16,17). The zero-order chi connectivity index (χ0) is 13.2. The molecular formula is C13H13N5O. The summed E-state index contributed by atoms with van der Waals surface area (Å²) in [6.07, 6.45) is 3.24. The van der Waals surface area contributed by atoms with Gasteiger partial charge in [0, 0.05) is 6.20 Å². The number of nitrogens with one attached hydrogen (secondary N) is 1. The molecule has 96 valence electrons. The van der Waals surface area contributed by atoms with Gasteiger partial charge < -0.3 is 9.84 Å². The number of hydrogen-bond acceptors (Lipinski definition) is 6. The Morgan fingerprint density at radius 2 is 2.11 bits per heavy atom. The van der Waals surface area contributed by atoms with E-state index in [4.69, 9.17) is 4.52 Å². The molecule has 0 fully saturated rings. The van der Waals surface area contributed by atoms with Crippen molar-refractivity contribution in [3.63, 3.8) is 0 Å². The van der Waals surface area contributed by atoms with Gasteiger partial charge in [0.2, 0.25) is 0 Å². The Kier molecular flexibility index (Phi) is 2.83. The first-order chi connectivity index (χ1) is 9.25. The van der Waals surface area contributed by atoms with Crippen LogP contribution in [0.3, 0.4) is 0 Å². The second-order valence-electron chi connectivity index (χ2n) is 4.29. The smallest absolute Gasteiger partial charge is 0.263 e. The maximum atomic E-state index is 5.11. The Balaban J connectivity index is 1.90. The number of pyridine rings is 1. The molecule has 0 aromatic carbocycles. The van der Waals surface area contributed by atoms with Crippen LogP contribution < -0.4 is 5.32 Å². The zero-order valence-corrected chi connectivity index (χ0v) is 10.7. The van der Waals surface area contributed by atoms with E-state index in [0.29, 0.717) is 18.1 Å². The Labute approximate surface area is 109 Å². The molecule has 0 saturated heterocycles. The molecule has 19 heavy (non-hydrogen) atoms. The fourth-order valence-corrected chi connectivity index (χ4v) is 1.93. The first-order valence-corrected chi connectivity index (χ1v) is 5.97. The van der Waals surface area contributed by atoms with Gasteiger partial charge >= 0.3 is 0 Å². The SMILES string of the molecule is Cc1cccnc1CNc1ncnc2onc(C)c12. The van der Waals surface area contributed by atoms with Gasteiger partial charge in [-0.2, -0.15) is 4.98 Å². The molecule has 0 radical (unpaired) electrons. The third-order valence-electron chi connectivity index (χ3n) is 2.98. The normalized spacial score (nSPS) is 10.8. The van der Waals surface area contributed by atoms with Crippen LogP contribution in [0.1, 0.15) is 17.0 Å². The molecule has 3 aromatic rings. The topological polar surface area (TPSA) is 76.7 Å². The van der Waals surface area contributed by atoms with Crippen molar-refractivity contribution in [2.24, 2.45) is 0 Å². The van der Waals surface area contributed by atoms with Crippen LogP contribution in [0.5, 0.6) is 0 Å². The van der Waals surface area contributed by atoms with E-state index in [1.807, 2.05) is 26.0 Å². The lowest BCUT2D eigenvalue weighted by Crippen LogP contribution is -2.05. The van der Waals surface area contributed by atoms with E-state index in [0.717, 1.165) is 22.3 Å². The first kappa shape index (κ1) is 11.6. The summed E-state index contributed by atoms with van der Waals surface area (Å²) in [5, 5.41) is 7.97. The number of aromatic nitrogens is 4. The Morgan fingerprint density at radius 3 is 2.95 bits per heavy atom. The van der Waals surface area contributed by atoms with Crippen molar-refractivity contribution in [1.29, 1.82) is 0 Å². The fourth-order valence-electron chi connectivity index (χ4n) is 1.93. The van der Waals surface area contributed by atoms with Crippen molar-refractivity contribution in [3.8, 4) is 0 Å². The Bertz CT molecular complexity index is 722. The van der Waals surface area contributed by atoms with E-state index in [1.54, 1.807) is 6.20 Å². The maximum absolute atomic E-state index is 5.11. The second-order valence-corrected chi connectivity index (χ2v) is 4.29. The van der Waals surface area contributed by atoms with E-state index in [9.17, 15) is 0 Å². The van der Waals surface area contributed by atoms with E-state index < -0.39 is 0 Å². The van der Waals surface area contributed by atoms with Crippen LogP contribution in [-0.2, 0) is 6.54 Å². The molecule has 0 amide bonds. The number of anilines is 1. The van der Waals surface area contributed by atoms with E-state index in [1.165, 1.54) is 6.33 Å². The first-order valence-electron chi connectivity index (χ1n) is 5.97. The van der Waals surface area contributed by atoms with Gasteiger partial charge in [0.1, 0.15) is 17.5 Å². The molecule has 3 aromatic heterocycles. The highest BCUT2D eigenvalue weighted by molar-refractivity contribution is 5.87. The lowest BCUT2D eigenvalue weighted by molar-refractivity contribution is 0.442. The lowest BCUT2D eigenvalue weighted by Gasteiger charge is -2.07. The van der Waals surface area contributed by atoms with Crippen molar-refractivity contribution in [2.45, 2.75) is 20.4 Å². The van der Waals surface area contributed by atoms with Gasteiger partial charge in [0.25, 0.3) is 5.71 Å². The summed E-state index contributed by atoms with van der Waals surface area (Å²) < 4.78 is 5.11. The molecule has 6 nitrogen and oxygen atoms in total. The summed E-state index contributed by atoms with van der Waals surface area (Å²) >= 11 is 0. The van der Waals surface area contributed by atoms with Crippen LogP contribution in [0.4, 0.5) is 5.82 Å². The van der Waals surface area contributed by atoms with Gasteiger partial charge in [-0.3, -0.25) is 4.98 Å². The highest BCUT2D eigenvalue weighted by Gasteiger charge is 2.11. The number of fused-ring (bicyclic) bond motifs is 1. The fraction of sp³-hybridized carbons (Fsp3) is 0.231. The van der Waals surface area contributed by atoms with Gasteiger partial charge in [-0.1, -0.05) is 11.2 Å². The van der Waals surface area contributed by atoms with Crippen LogP contribution >= 0.6 is 0 Å². The van der Waals surface area contributed by atoms with Gasteiger partial charge in [0.05, 0.1) is 17.9 Å². The summed E-state index contributed by atoms with van der Waals surface area (Å²) in [5.74, 6) is 0.716. The quantitative estimate of drug-likeness (QED) is 0.773. The largest absolute Gasteiger partial charge is 0.364 e. The van der Waals surface area contributed by atoms with E-state index >= 15 is 0 Å². The Hall–Kier alpha value is -2.50. The van der Waals surface area contributed by atoms with Crippen molar-refractivity contribution >= 4 is 16.9 Å². The van der Waals surface area contributed by atoms with Gasteiger partial charge in [-0.25, -0.2) is 4.98 Å². The molecule has 0 atom stereocenters.